The first-order valence-electron chi connectivity index (χ1n) is 6.42. The minimum absolute atomic E-state index is 0.0507. The zero-order valence-corrected chi connectivity index (χ0v) is 12.0. The molecular weight excluding hydrogens is 282 g/mol. The van der Waals surface area contributed by atoms with E-state index in [9.17, 15) is 18.5 Å². The maximum Gasteiger partial charge on any atom is 0.271 e. The van der Waals surface area contributed by atoms with Gasteiger partial charge in [0.05, 0.1) is 10.7 Å². The van der Waals surface area contributed by atoms with Gasteiger partial charge < -0.3 is 4.90 Å². The van der Waals surface area contributed by atoms with Gasteiger partial charge in [-0.25, -0.2) is 13.1 Å². The lowest BCUT2D eigenvalue weighted by atomic mass is 10.1. The fraction of sp³-hybridized carbons (Fsp3) is 0.500. The van der Waals surface area contributed by atoms with Crippen molar-refractivity contribution in [3.8, 4) is 0 Å². The summed E-state index contributed by atoms with van der Waals surface area (Å²) >= 11 is 0. The van der Waals surface area contributed by atoms with E-state index < -0.39 is 14.9 Å². The fourth-order valence-corrected chi connectivity index (χ4v) is 2.82. The van der Waals surface area contributed by atoms with Crippen molar-refractivity contribution in [2.24, 2.45) is 0 Å². The number of fused-ring (bicyclic) bond motifs is 1. The highest BCUT2D eigenvalue weighted by Crippen LogP contribution is 2.31. The Morgan fingerprint density at radius 1 is 1.45 bits per heavy atom. The molecule has 7 nitrogen and oxygen atoms in total. The largest absolute Gasteiger partial charge is 0.369 e. The van der Waals surface area contributed by atoms with Crippen LogP contribution in [0.3, 0.4) is 0 Å². The number of hydrogen-bond acceptors (Lipinski definition) is 5. The molecule has 0 unspecified atom stereocenters. The molecule has 0 atom stereocenters. The molecule has 110 valence electrons. The molecule has 1 aliphatic rings. The van der Waals surface area contributed by atoms with E-state index in [1.165, 1.54) is 6.07 Å². The van der Waals surface area contributed by atoms with E-state index in [0.717, 1.165) is 24.2 Å². The Hall–Kier alpha value is -1.67. The lowest BCUT2D eigenvalue weighted by molar-refractivity contribution is -0.384. The Bertz CT molecular complexity index is 615. The van der Waals surface area contributed by atoms with Gasteiger partial charge in [0.1, 0.15) is 0 Å². The lowest BCUT2D eigenvalue weighted by Gasteiger charge is -2.19. The van der Waals surface area contributed by atoms with Crippen LogP contribution in [0.15, 0.2) is 18.2 Å². The van der Waals surface area contributed by atoms with Gasteiger partial charge in [0.25, 0.3) is 5.69 Å². The number of non-ortho nitro benzene ring substituents is 1. The molecule has 1 aromatic rings. The van der Waals surface area contributed by atoms with E-state index in [1.54, 1.807) is 19.1 Å². The second-order valence-electron chi connectivity index (χ2n) is 4.60. The van der Waals surface area contributed by atoms with Crippen molar-refractivity contribution in [1.29, 1.82) is 0 Å². The number of benzene rings is 1. The highest BCUT2D eigenvalue weighted by atomic mass is 32.2. The van der Waals surface area contributed by atoms with E-state index in [2.05, 4.69) is 4.72 Å². The van der Waals surface area contributed by atoms with Gasteiger partial charge in [-0.2, -0.15) is 0 Å². The molecule has 0 aromatic heterocycles. The van der Waals surface area contributed by atoms with E-state index in [1.807, 2.05) is 4.90 Å². The average Bonchev–Trinajstić information content (AvgIpc) is 2.81. The van der Waals surface area contributed by atoms with E-state index in [4.69, 9.17) is 0 Å². The Labute approximate surface area is 117 Å². The molecule has 1 N–H and O–H groups in total. The molecule has 0 fully saturated rings. The summed E-state index contributed by atoms with van der Waals surface area (Å²) < 4.78 is 25.2. The summed E-state index contributed by atoms with van der Waals surface area (Å²) in [5.74, 6) is 0.0507. The molecule has 1 heterocycles. The van der Waals surface area contributed by atoms with Crippen LogP contribution in [0.2, 0.25) is 0 Å². The SMILES string of the molecule is CCS(=O)(=O)NCCN1CCc2ccc([N+](=O)[O-])cc21. The van der Waals surface area contributed by atoms with E-state index in [0.29, 0.717) is 13.1 Å². The van der Waals surface area contributed by atoms with Crippen LogP contribution < -0.4 is 9.62 Å². The first-order valence-corrected chi connectivity index (χ1v) is 8.08. The van der Waals surface area contributed by atoms with Crippen LogP contribution in [0.1, 0.15) is 12.5 Å². The number of nitrogens with one attached hydrogen (secondary N) is 1. The van der Waals surface area contributed by atoms with Gasteiger partial charge in [-0.3, -0.25) is 10.1 Å². The zero-order chi connectivity index (χ0) is 14.8. The molecule has 8 heteroatoms. The van der Waals surface area contributed by atoms with Crippen LogP contribution in [0, 0.1) is 10.1 Å². The van der Waals surface area contributed by atoms with Gasteiger partial charge in [0, 0.05) is 37.5 Å². The predicted molar refractivity (Wildman–Crippen MR) is 76.5 cm³/mol. The van der Waals surface area contributed by atoms with Crippen LogP contribution in [-0.2, 0) is 16.4 Å². The molecular formula is C12H17N3O4S. The highest BCUT2D eigenvalue weighted by Gasteiger charge is 2.21. The molecule has 20 heavy (non-hydrogen) atoms. The van der Waals surface area contributed by atoms with Crippen molar-refractivity contribution in [2.75, 3.05) is 30.3 Å². The number of hydrogen-bond donors (Lipinski definition) is 1. The molecule has 1 aliphatic heterocycles. The second-order valence-corrected chi connectivity index (χ2v) is 6.70. The maximum atomic E-state index is 11.3. The van der Waals surface area contributed by atoms with Crippen LogP contribution >= 0.6 is 0 Å². The molecule has 0 saturated heterocycles. The van der Waals surface area contributed by atoms with Gasteiger partial charge in [0.2, 0.25) is 10.0 Å². The molecule has 0 radical (unpaired) electrons. The van der Waals surface area contributed by atoms with E-state index in [-0.39, 0.29) is 11.4 Å². The maximum absolute atomic E-state index is 11.3. The summed E-state index contributed by atoms with van der Waals surface area (Å²) in [6.45, 7) is 3.15. The minimum atomic E-state index is -3.20. The van der Waals surface area contributed by atoms with Crippen LogP contribution in [0.25, 0.3) is 0 Å². The number of anilines is 1. The van der Waals surface area contributed by atoms with Crippen molar-refractivity contribution in [3.05, 3.63) is 33.9 Å². The van der Waals surface area contributed by atoms with Gasteiger partial charge in [-0.05, 0) is 18.9 Å². The third-order valence-corrected chi connectivity index (χ3v) is 4.76. The molecule has 0 saturated carbocycles. The number of nitrogens with zero attached hydrogens (tertiary/aromatic N) is 2. The first-order chi connectivity index (χ1) is 9.43. The monoisotopic (exact) mass is 299 g/mol. The van der Waals surface area contributed by atoms with Crippen LogP contribution in [0.4, 0.5) is 11.4 Å². The van der Waals surface area contributed by atoms with Gasteiger partial charge in [-0.1, -0.05) is 6.07 Å². The number of sulfonamides is 1. The lowest BCUT2D eigenvalue weighted by Crippen LogP contribution is -2.34. The Morgan fingerprint density at radius 3 is 2.85 bits per heavy atom. The molecule has 0 amide bonds. The molecule has 0 bridgehead atoms. The third-order valence-electron chi connectivity index (χ3n) is 3.36. The number of nitro benzene ring substituents is 1. The smallest absolute Gasteiger partial charge is 0.271 e. The Kier molecular flexibility index (Phi) is 4.24. The highest BCUT2D eigenvalue weighted by molar-refractivity contribution is 7.89. The normalized spacial score (nSPS) is 14.3. The average molecular weight is 299 g/mol. The molecule has 0 spiro atoms. The standard InChI is InChI=1S/C12H17N3O4S/c1-2-20(18,19)13-6-8-14-7-5-10-3-4-11(15(16)17)9-12(10)14/h3-4,9,13H,2,5-8H2,1H3. The summed E-state index contributed by atoms with van der Waals surface area (Å²) in [6, 6.07) is 4.82. The fourth-order valence-electron chi connectivity index (χ4n) is 2.22. The summed E-state index contributed by atoms with van der Waals surface area (Å²) in [5, 5.41) is 10.8. The second kappa shape index (κ2) is 5.76. The van der Waals surface area contributed by atoms with Gasteiger partial charge in [0.15, 0.2) is 0 Å². The van der Waals surface area contributed by atoms with Crippen molar-refractivity contribution in [1.82, 2.24) is 4.72 Å². The summed E-state index contributed by atoms with van der Waals surface area (Å²) in [4.78, 5) is 12.3. The van der Waals surface area contributed by atoms with Crippen LogP contribution in [-0.4, -0.2) is 38.7 Å². The number of rotatable bonds is 6. The first kappa shape index (κ1) is 14.7. The van der Waals surface area contributed by atoms with Crippen molar-refractivity contribution >= 4 is 21.4 Å². The van der Waals surface area contributed by atoms with Crippen molar-refractivity contribution < 1.29 is 13.3 Å². The summed E-state index contributed by atoms with van der Waals surface area (Å²) in [6.07, 6.45) is 0.827. The van der Waals surface area contributed by atoms with E-state index >= 15 is 0 Å². The quantitative estimate of drug-likeness (QED) is 0.622. The molecule has 0 aliphatic carbocycles. The predicted octanol–water partition coefficient (Wildman–Crippen LogP) is 0.897. The Morgan fingerprint density at radius 2 is 2.20 bits per heavy atom. The topological polar surface area (TPSA) is 92.6 Å². The Balaban J connectivity index is 2.04. The number of nitro groups is 1. The van der Waals surface area contributed by atoms with Crippen LogP contribution in [0.5, 0.6) is 0 Å². The van der Waals surface area contributed by atoms with Gasteiger partial charge >= 0.3 is 0 Å². The third kappa shape index (κ3) is 3.26. The summed E-state index contributed by atoms with van der Waals surface area (Å²) in [5.41, 5.74) is 1.95. The van der Waals surface area contributed by atoms with Gasteiger partial charge in [-0.15, -0.1) is 0 Å². The summed E-state index contributed by atoms with van der Waals surface area (Å²) in [7, 11) is -3.20. The molecule has 1 aromatic carbocycles. The zero-order valence-electron chi connectivity index (χ0n) is 11.2. The minimum Gasteiger partial charge on any atom is -0.369 e. The van der Waals surface area contributed by atoms with Crippen molar-refractivity contribution in [3.63, 3.8) is 0 Å². The van der Waals surface area contributed by atoms with Crippen molar-refractivity contribution in [2.45, 2.75) is 13.3 Å². The molecule has 2 rings (SSSR count).